The number of benzene rings is 2. The van der Waals surface area contributed by atoms with Crippen LogP contribution in [0.15, 0.2) is 42.5 Å². The van der Waals surface area contributed by atoms with Gasteiger partial charge >= 0.3 is 0 Å². The van der Waals surface area contributed by atoms with Gasteiger partial charge in [-0.15, -0.1) is 0 Å². The van der Waals surface area contributed by atoms with Crippen molar-refractivity contribution in [1.29, 1.82) is 0 Å². The molecule has 2 aromatic carbocycles. The summed E-state index contributed by atoms with van der Waals surface area (Å²) in [6.45, 7) is 6.99. The fourth-order valence-corrected chi connectivity index (χ4v) is 4.67. The second kappa shape index (κ2) is 8.75. The molecule has 0 spiro atoms. The van der Waals surface area contributed by atoms with Crippen molar-refractivity contribution in [2.45, 2.75) is 26.3 Å². The van der Waals surface area contributed by atoms with E-state index in [4.69, 9.17) is 11.6 Å². The number of nitrogens with zero attached hydrogens (tertiary/aromatic N) is 3. The number of hydrogen-bond acceptors (Lipinski definition) is 5. The number of nitrogens with one attached hydrogen (secondary N) is 1. The molecule has 0 aliphatic carbocycles. The predicted molar refractivity (Wildman–Crippen MR) is 123 cm³/mol. The third-order valence-corrected chi connectivity index (χ3v) is 6.37. The predicted octanol–water partition coefficient (Wildman–Crippen LogP) is 3.89. The molecular weight excluding hydrogens is 416 g/mol. The number of hydrogen-bond donors (Lipinski definition) is 1. The van der Waals surface area contributed by atoms with E-state index < -0.39 is 0 Å². The zero-order valence-corrected chi connectivity index (χ0v) is 18.5. The smallest absolute Gasteiger partial charge is 0.269 e. The van der Waals surface area contributed by atoms with Crippen LogP contribution in [0.25, 0.3) is 0 Å². The molecule has 164 valence electrons. The van der Waals surface area contributed by atoms with Gasteiger partial charge < -0.3 is 15.1 Å². The molecule has 0 radical (unpaired) electrons. The SMILES string of the molecule is CC(C)CNC(=O)[C@@H]1Cc2cc([N+](=O)[O-])ccc2N2CCN(c3ccc(Cl)cc3)C[C@H]12. The molecule has 2 atom stereocenters. The van der Waals surface area contributed by atoms with Crippen LogP contribution in [0.3, 0.4) is 0 Å². The van der Waals surface area contributed by atoms with Crippen molar-refractivity contribution in [2.75, 3.05) is 36.0 Å². The van der Waals surface area contributed by atoms with Gasteiger partial charge in [-0.3, -0.25) is 14.9 Å². The van der Waals surface area contributed by atoms with Crippen molar-refractivity contribution in [1.82, 2.24) is 5.32 Å². The second-order valence-corrected chi connectivity index (χ2v) is 9.14. The summed E-state index contributed by atoms with van der Waals surface area (Å²) < 4.78 is 0. The number of nitro benzene ring substituents is 1. The van der Waals surface area contributed by atoms with Gasteiger partial charge in [0.2, 0.25) is 5.91 Å². The minimum atomic E-state index is -0.376. The first-order chi connectivity index (χ1) is 14.8. The normalized spacial score (nSPS) is 20.3. The molecule has 31 heavy (non-hydrogen) atoms. The number of fused-ring (bicyclic) bond motifs is 3. The van der Waals surface area contributed by atoms with Crippen LogP contribution in [0.5, 0.6) is 0 Å². The Morgan fingerprint density at radius 3 is 2.65 bits per heavy atom. The van der Waals surface area contributed by atoms with Gasteiger partial charge in [-0.25, -0.2) is 0 Å². The van der Waals surface area contributed by atoms with Crippen molar-refractivity contribution in [3.8, 4) is 0 Å². The molecule has 1 fully saturated rings. The molecule has 2 aliphatic rings. The lowest BCUT2D eigenvalue weighted by atomic mass is 9.83. The first-order valence-electron chi connectivity index (χ1n) is 10.7. The van der Waals surface area contributed by atoms with E-state index in [2.05, 4.69) is 29.0 Å². The summed E-state index contributed by atoms with van der Waals surface area (Å²) in [6, 6.07) is 12.8. The molecular formula is C23H27ClN4O3. The molecule has 1 N–H and O–H groups in total. The highest BCUT2D eigenvalue weighted by Crippen LogP contribution is 2.38. The maximum Gasteiger partial charge on any atom is 0.269 e. The van der Waals surface area contributed by atoms with Crippen molar-refractivity contribution in [3.63, 3.8) is 0 Å². The van der Waals surface area contributed by atoms with Crippen LogP contribution in [-0.2, 0) is 11.2 Å². The Kier molecular flexibility index (Phi) is 6.05. The maximum atomic E-state index is 13.2. The number of nitro groups is 1. The van der Waals surface area contributed by atoms with Gasteiger partial charge in [0.15, 0.2) is 0 Å². The molecule has 0 aromatic heterocycles. The van der Waals surface area contributed by atoms with Gasteiger partial charge in [-0.2, -0.15) is 0 Å². The number of carbonyl (C=O) groups is 1. The van der Waals surface area contributed by atoms with Gasteiger partial charge in [0.25, 0.3) is 5.69 Å². The lowest BCUT2D eigenvalue weighted by Gasteiger charge is -2.49. The summed E-state index contributed by atoms with van der Waals surface area (Å²) in [5.74, 6) is 0.0936. The van der Waals surface area contributed by atoms with E-state index in [9.17, 15) is 14.9 Å². The number of carbonyl (C=O) groups excluding carboxylic acids is 1. The zero-order chi connectivity index (χ0) is 22.1. The summed E-state index contributed by atoms with van der Waals surface area (Å²) in [5.41, 5.74) is 3.02. The van der Waals surface area contributed by atoms with E-state index in [1.807, 2.05) is 30.3 Å². The van der Waals surface area contributed by atoms with Crippen LogP contribution in [0, 0.1) is 22.0 Å². The first kappa shape index (κ1) is 21.4. The highest BCUT2D eigenvalue weighted by atomic mass is 35.5. The summed E-state index contributed by atoms with van der Waals surface area (Å²) in [6.07, 6.45) is 0.497. The van der Waals surface area contributed by atoms with Gasteiger partial charge in [0, 0.05) is 54.7 Å². The molecule has 1 saturated heterocycles. The van der Waals surface area contributed by atoms with Crippen molar-refractivity contribution >= 4 is 34.6 Å². The average Bonchev–Trinajstić information content (AvgIpc) is 2.76. The van der Waals surface area contributed by atoms with Crippen LogP contribution in [-0.4, -0.2) is 43.1 Å². The first-order valence-corrected chi connectivity index (χ1v) is 11.0. The van der Waals surface area contributed by atoms with Crippen LogP contribution < -0.4 is 15.1 Å². The quantitative estimate of drug-likeness (QED) is 0.561. The third kappa shape index (κ3) is 4.46. The largest absolute Gasteiger partial charge is 0.368 e. The minimum absolute atomic E-state index is 0.00875. The summed E-state index contributed by atoms with van der Waals surface area (Å²) >= 11 is 6.05. The lowest BCUT2D eigenvalue weighted by molar-refractivity contribution is -0.384. The molecule has 1 amide bonds. The van der Waals surface area contributed by atoms with E-state index in [0.29, 0.717) is 30.5 Å². The topological polar surface area (TPSA) is 78.7 Å². The van der Waals surface area contributed by atoms with Crippen molar-refractivity contribution in [3.05, 3.63) is 63.2 Å². The van der Waals surface area contributed by atoms with Gasteiger partial charge in [-0.1, -0.05) is 25.4 Å². The maximum absolute atomic E-state index is 13.2. The molecule has 2 heterocycles. The van der Waals surface area contributed by atoms with Crippen LogP contribution in [0.4, 0.5) is 17.1 Å². The Hall–Kier alpha value is -2.80. The van der Waals surface area contributed by atoms with E-state index in [-0.39, 0.29) is 28.5 Å². The second-order valence-electron chi connectivity index (χ2n) is 8.70. The Morgan fingerprint density at radius 2 is 1.97 bits per heavy atom. The van der Waals surface area contributed by atoms with E-state index in [1.54, 1.807) is 12.1 Å². The number of amides is 1. The number of halogens is 1. The molecule has 7 nitrogen and oxygen atoms in total. The Labute approximate surface area is 187 Å². The van der Waals surface area contributed by atoms with Gasteiger partial charge in [0.05, 0.1) is 16.9 Å². The van der Waals surface area contributed by atoms with E-state index in [1.165, 1.54) is 0 Å². The molecule has 0 saturated carbocycles. The Morgan fingerprint density at radius 1 is 1.23 bits per heavy atom. The molecule has 0 unspecified atom stereocenters. The summed E-state index contributed by atoms with van der Waals surface area (Å²) in [7, 11) is 0. The summed E-state index contributed by atoms with van der Waals surface area (Å²) in [4.78, 5) is 28.6. The molecule has 0 bridgehead atoms. The van der Waals surface area contributed by atoms with Crippen LogP contribution in [0.2, 0.25) is 5.02 Å². The van der Waals surface area contributed by atoms with Crippen molar-refractivity contribution in [2.24, 2.45) is 11.8 Å². The van der Waals surface area contributed by atoms with Crippen LogP contribution >= 0.6 is 11.6 Å². The van der Waals surface area contributed by atoms with E-state index >= 15 is 0 Å². The number of non-ortho nitro benzene ring substituents is 1. The fourth-order valence-electron chi connectivity index (χ4n) is 4.55. The monoisotopic (exact) mass is 442 g/mol. The van der Waals surface area contributed by atoms with Crippen molar-refractivity contribution < 1.29 is 9.72 Å². The minimum Gasteiger partial charge on any atom is -0.368 e. The number of piperazine rings is 1. The highest BCUT2D eigenvalue weighted by Gasteiger charge is 2.42. The van der Waals surface area contributed by atoms with Crippen LogP contribution in [0.1, 0.15) is 19.4 Å². The fraction of sp³-hybridized carbons (Fsp3) is 0.435. The van der Waals surface area contributed by atoms with Gasteiger partial charge in [0.1, 0.15) is 0 Å². The standard InChI is InChI=1S/C23H27ClN4O3/c1-15(2)13-25-23(29)20-12-16-11-19(28(30)31)7-8-21(16)27-10-9-26(14-22(20)27)18-5-3-17(24)4-6-18/h3-8,11,15,20,22H,9-10,12-14H2,1-2H3,(H,25,29)/t20-,22-/m1/s1. The highest BCUT2D eigenvalue weighted by molar-refractivity contribution is 6.30. The third-order valence-electron chi connectivity index (χ3n) is 6.12. The molecule has 2 aliphatic heterocycles. The summed E-state index contributed by atoms with van der Waals surface area (Å²) in [5, 5.41) is 15.1. The Bertz CT molecular complexity index is 979. The average molecular weight is 443 g/mol. The van der Waals surface area contributed by atoms with E-state index in [0.717, 1.165) is 30.0 Å². The number of rotatable bonds is 5. The lowest BCUT2D eigenvalue weighted by Crippen LogP contribution is -2.61. The molecule has 8 heteroatoms. The Balaban J connectivity index is 1.65. The molecule has 2 aromatic rings. The number of anilines is 2. The zero-order valence-electron chi connectivity index (χ0n) is 17.8. The molecule has 4 rings (SSSR count). The van der Waals surface area contributed by atoms with Gasteiger partial charge in [-0.05, 0) is 48.2 Å².